The number of aromatic nitrogens is 2. The zero-order chi connectivity index (χ0) is 25.3. The molecule has 0 aliphatic carbocycles. The molecule has 35 heavy (non-hydrogen) atoms. The van der Waals surface area contributed by atoms with E-state index in [1.54, 1.807) is 24.1 Å². The van der Waals surface area contributed by atoms with E-state index in [1.807, 2.05) is 19.9 Å². The number of esters is 1. The van der Waals surface area contributed by atoms with Crippen molar-refractivity contribution in [1.82, 2.24) is 19.6 Å². The van der Waals surface area contributed by atoms with Crippen molar-refractivity contribution in [2.75, 3.05) is 31.1 Å². The van der Waals surface area contributed by atoms with E-state index in [9.17, 15) is 19.2 Å². The number of amides is 2. The molecule has 12 heteroatoms. The SMILES string of the molecule is CCOC(=O)C[C@H]1C(=O)NCCN1c1nc2ccc(C)cn2c(=O)c1/C=C1\SC(=S)N(CC)C1=O. The lowest BCUT2D eigenvalue weighted by Gasteiger charge is -2.36. The first-order valence-corrected chi connectivity index (χ1v) is 12.5. The first kappa shape index (κ1) is 24.9. The van der Waals surface area contributed by atoms with E-state index >= 15 is 0 Å². The summed E-state index contributed by atoms with van der Waals surface area (Å²) in [5.74, 6) is -0.956. The van der Waals surface area contributed by atoms with Gasteiger partial charge in [-0.2, -0.15) is 0 Å². The lowest BCUT2D eigenvalue weighted by atomic mass is 10.1. The summed E-state index contributed by atoms with van der Waals surface area (Å²) < 4.78 is 6.88. The number of nitrogens with one attached hydrogen (secondary N) is 1. The van der Waals surface area contributed by atoms with Crippen LogP contribution >= 0.6 is 24.0 Å². The summed E-state index contributed by atoms with van der Waals surface area (Å²) in [6, 6.07) is 2.63. The maximum absolute atomic E-state index is 13.7. The molecular weight excluding hydrogens is 490 g/mol. The molecule has 0 bridgehead atoms. The number of fused-ring (bicyclic) bond motifs is 1. The van der Waals surface area contributed by atoms with Gasteiger partial charge in [-0.15, -0.1) is 0 Å². The smallest absolute Gasteiger partial charge is 0.308 e. The van der Waals surface area contributed by atoms with Gasteiger partial charge in [-0.3, -0.25) is 28.5 Å². The molecule has 4 heterocycles. The molecule has 0 spiro atoms. The standard InChI is InChI=1S/C23H25N5O5S2/c1-4-26-22(32)16(35-23(26)34)10-14-19(25-17-7-6-13(3)12-28(17)21(14)31)27-9-8-24-20(30)15(27)11-18(29)33-5-2/h6-7,10,12,15H,4-5,8-9,11H2,1-3H3,(H,24,30)/b16-10-/t15-/m0/s1. The molecule has 2 aromatic rings. The Morgan fingerprint density at radius 2 is 2.09 bits per heavy atom. The second kappa shape index (κ2) is 10.2. The van der Waals surface area contributed by atoms with Crippen molar-refractivity contribution in [2.45, 2.75) is 33.2 Å². The van der Waals surface area contributed by atoms with Crippen LogP contribution < -0.4 is 15.8 Å². The quantitative estimate of drug-likeness (QED) is 0.347. The van der Waals surface area contributed by atoms with Gasteiger partial charge in [0, 0.05) is 25.8 Å². The Morgan fingerprint density at radius 1 is 1.31 bits per heavy atom. The molecule has 184 valence electrons. The van der Waals surface area contributed by atoms with Crippen LogP contribution in [0.25, 0.3) is 11.7 Å². The average Bonchev–Trinajstić information content (AvgIpc) is 3.09. The second-order valence-electron chi connectivity index (χ2n) is 8.02. The van der Waals surface area contributed by atoms with Gasteiger partial charge in [0.2, 0.25) is 5.91 Å². The van der Waals surface area contributed by atoms with E-state index < -0.39 is 17.6 Å². The molecule has 1 N–H and O–H groups in total. The highest BCUT2D eigenvalue weighted by Gasteiger charge is 2.36. The number of carbonyl (C=O) groups is 3. The van der Waals surface area contributed by atoms with Gasteiger partial charge >= 0.3 is 5.97 Å². The largest absolute Gasteiger partial charge is 0.466 e. The van der Waals surface area contributed by atoms with Crippen molar-refractivity contribution < 1.29 is 19.1 Å². The first-order chi connectivity index (χ1) is 16.7. The first-order valence-electron chi connectivity index (χ1n) is 11.2. The highest BCUT2D eigenvalue weighted by Crippen LogP contribution is 2.34. The topological polar surface area (TPSA) is 113 Å². The number of hydrogen-bond acceptors (Lipinski definition) is 9. The van der Waals surface area contributed by atoms with Crippen LogP contribution in [0.15, 0.2) is 28.0 Å². The van der Waals surface area contributed by atoms with Crippen molar-refractivity contribution >= 4 is 63.6 Å². The summed E-state index contributed by atoms with van der Waals surface area (Å²) >= 11 is 6.43. The molecule has 2 aromatic heterocycles. The van der Waals surface area contributed by atoms with Gasteiger partial charge < -0.3 is 15.0 Å². The minimum absolute atomic E-state index is 0.147. The normalized spacial score (nSPS) is 19.6. The molecular formula is C23H25N5O5S2. The Balaban J connectivity index is 1.90. The summed E-state index contributed by atoms with van der Waals surface area (Å²) in [5.41, 5.74) is 0.995. The molecule has 10 nitrogen and oxygen atoms in total. The minimum Gasteiger partial charge on any atom is -0.466 e. The van der Waals surface area contributed by atoms with E-state index in [2.05, 4.69) is 5.32 Å². The van der Waals surface area contributed by atoms with E-state index in [4.69, 9.17) is 21.9 Å². The predicted molar refractivity (Wildman–Crippen MR) is 137 cm³/mol. The van der Waals surface area contributed by atoms with Crippen molar-refractivity contribution in [3.05, 3.63) is 44.7 Å². The summed E-state index contributed by atoms with van der Waals surface area (Å²) in [4.78, 5) is 59.7. The Hall–Kier alpha value is -3.25. The number of aryl methyl sites for hydroxylation is 1. The molecule has 0 aromatic carbocycles. The third-order valence-electron chi connectivity index (χ3n) is 5.72. The molecule has 2 fully saturated rings. The fraction of sp³-hybridized carbons (Fsp3) is 0.391. The second-order valence-corrected chi connectivity index (χ2v) is 9.70. The minimum atomic E-state index is -0.917. The van der Waals surface area contributed by atoms with E-state index in [-0.39, 0.29) is 36.2 Å². The fourth-order valence-corrected chi connectivity index (χ4v) is 5.41. The fourth-order valence-electron chi connectivity index (χ4n) is 4.04. The molecule has 2 aliphatic heterocycles. The number of thiocarbonyl (C=S) groups is 1. The van der Waals surface area contributed by atoms with Crippen molar-refractivity contribution in [2.24, 2.45) is 0 Å². The summed E-state index contributed by atoms with van der Waals surface area (Å²) in [6.07, 6.45) is 2.95. The van der Waals surface area contributed by atoms with Gasteiger partial charge in [0.15, 0.2) is 0 Å². The van der Waals surface area contributed by atoms with Crippen LogP contribution in [0.2, 0.25) is 0 Å². The summed E-state index contributed by atoms with van der Waals surface area (Å²) in [7, 11) is 0. The number of hydrogen-bond donors (Lipinski definition) is 1. The number of piperazine rings is 1. The van der Waals surface area contributed by atoms with Gasteiger partial charge in [0.25, 0.3) is 11.5 Å². The number of pyridine rings is 1. The lowest BCUT2D eigenvalue weighted by molar-refractivity contribution is -0.145. The zero-order valence-electron chi connectivity index (χ0n) is 19.6. The highest BCUT2D eigenvalue weighted by atomic mass is 32.2. The predicted octanol–water partition coefficient (Wildman–Crippen LogP) is 1.48. The third-order valence-corrected chi connectivity index (χ3v) is 7.10. The third kappa shape index (κ3) is 4.80. The van der Waals surface area contributed by atoms with Crippen LogP contribution in [0, 0.1) is 6.92 Å². The molecule has 2 aliphatic rings. The molecule has 0 saturated carbocycles. The monoisotopic (exact) mass is 515 g/mol. The summed E-state index contributed by atoms with van der Waals surface area (Å²) in [5, 5.41) is 2.76. The van der Waals surface area contributed by atoms with Crippen LogP contribution in [0.4, 0.5) is 5.82 Å². The molecule has 0 unspecified atom stereocenters. The number of rotatable bonds is 6. The van der Waals surface area contributed by atoms with Crippen molar-refractivity contribution in [3.8, 4) is 0 Å². The molecule has 1 atom stereocenters. The van der Waals surface area contributed by atoms with E-state index in [1.165, 1.54) is 15.4 Å². The number of carbonyl (C=O) groups excluding carboxylic acids is 3. The van der Waals surface area contributed by atoms with Crippen LogP contribution in [-0.4, -0.2) is 68.7 Å². The van der Waals surface area contributed by atoms with E-state index in [0.717, 1.165) is 17.3 Å². The van der Waals surface area contributed by atoms with Crippen LogP contribution in [0.3, 0.4) is 0 Å². The number of thioether (sulfide) groups is 1. The van der Waals surface area contributed by atoms with Gasteiger partial charge in [-0.25, -0.2) is 4.98 Å². The lowest BCUT2D eigenvalue weighted by Crippen LogP contribution is -2.57. The van der Waals surface area contributed by atoms with Gasteiger partial charge in [0.05, 0.1) is 23.5 Å². The van der Waals surface area contributed by atoms with Gasteiger partial charge in [-0.05, 0) is 38.5 Å². The number of nitrogens with zero attached hydrogens (tertiary/aromatic N) is 4. The molecule has 2 amide bonds. The number of anilines is 1. The van der Waals surface area contributed by atoms with E-state index in [0.29, 0.717) is 34.5 Å². The van der Waals surface area contributed by atoms with Crippen LogP contribution in [-0.2, 0) is 19.1 Å². The highest BCUT2D eigenvalue weighted by molar-refractivity contribution is 8.26. The maximum Gasteiger partial charge on any atom is 0.308 e. The average molecular weight is 516 g/mol. The Labute approximate surface area is 211 Å². The maximum atomic E-state index is 13.7. The number of ether oxygens (including phenoxy) is 1. The molecule has 4 rings (SSSR count). The van der Waals surface area contributed by atoms with Crippen molar-refractivity contribution in [3.63, 3.8) is 0 Å². The van der Waals surface area contributed by atoms with Crippen molar-refractivity contribution in [1.29, 1.82) is 0 Å². The Morgan fingerprint density at radius 3 is 2.77 bits per heavy atom. The molecule has 2 saturated heterocycles. The number of likely N-dealkylation sites (N-methyl/N-ethyl adjacent to an activating group) is 1. The zero-order valence-corrected chi connectivity index (χ0v) is 21.2. The Bertz CT molecular complexity index is 1320. The molecule has 0 radical (unpaired) electrons. The van der Waals surface area contributed by atoms with Gasteiger partial charge in [-0.1, -0.05) is 30.0 Å². The Kier molecular flexibility index (Phi) is 7.22. The van der Waals surface area contributed by atoms with Crippen LogP contribution in [0.1, 0.15) is 31.4 Å². The van der Waals surface area contributed by atoms with Gasteiger partial charge in [0.1, 0.15) is 21.8 Å². The summed E-state index contributed by atoms with van der Waals surface area (Å²) in [6.45, 7) is 6.60. The van der Waals surface area contributed by atoms with Crippen LogP contribution in [0.5, 0.6) is 0 Å².